The summed E-state index contributed by atoms with van der Waals surface area (Å²) in [7, 11) is 1.66. The number of H-pyrrole nitrogens is 1. The lowest BCUT2D eigenvalue weighted by Crippen LogP contribution is -2.18. The predicted octanol–water partition coefficient (Wildman–Crippen LogP) is 2.45. The maximum absolute atomic E-state index is 11.8. The standard InChI is InChI=1S/C13H16N2O/c1-7-5-8(2)12-10(6-7)11(9(3)15-12)13(16)14-4/h5-6,15H,1-4H3,(H,14,16). The molecule has 2 aromatic rings. The lowest BCUT2D eigenvalue weighted by molar-refractivity contribution is 0.0964. The first-order valence-electron chi connectivity index (χ1n) is 5.36. The van der Waals surface area contributed by atoms with E-state index in [1.165, 1.54) is 11.1 Å². The summed E-state index contributed by atoms with van der Waals surface area (Å²) in [5.41, 5.74) is 5.08. The molecule has 0 fully saturated rings. The van der Waals surface area contributed by atoms with Crippen molar-refractivity contribution in [3.05, 3.63) is 34.5 Å². The number of aryl methyl sites for hydroxylation is 3. The van der Waals surface area contributed by atoms with Gasteiger partial charge in [0.25, 0.3) is 5.91 Å². The molecule has 2 rings (SSSR count). The molecule has 3 heteroatoms. The largest absolute Gasteiger partial charge is 0.358 e. The highest BCUT2D eigenvalue weighted by atomic mass is 16.1. The summed E-state index contributed by atoms with van der Waals surface area (Å²) in [6, 6.07) is 4.17. The van der Waals surface area contributed by atoms with Crippen molar-refractivity contribution in [1.82, 2.24) is 10.3 Å². The zero-order chi connectivity index (χ0) is 11.9. The third-order valence-corrected chi connectivity index (χ3v) is 2.89. The van der Waals surface area contributed by atoms with Crippen LogP contribution in [0.3, 0.4) is 0 Å². The maximum Gasteiger partial charge on any atom is 0.253 e. The average Bonchev–Trinajstić information content (AvgIpc) is 2.54. The number of carbonyl (C=O) groups is 1. The summed E-state index contributed by atoms with van der Waals surface area (Å²) < 4.78 is 0. The molecule has 16 heavy (non-hydrogen) atoms. The van der Waals surface area contributed by atoms with Gasteiger partial charge in [-0.25, -0.2) is 0 Å². The van der Waals surface area contributed by atoms with Crippen molar-refractivity contribution in [3.8, 4) is 0 Å². The van der Waals surface area contributed by atoms with E-state index in [1.807, 2.05) is 13.8 Å². The molecule has 1 amide bonds. The maximum atomic E-state index is 11.8. The molecule has 0 aliphatic carbocycles. The first kappa shape index (κ1) is 10.7. The van der Waals surface area contributed by atoms with E-state index in [4.69, 9.17) is 0 Å². The van der Waals surface area contributed by atoms with Gasteiger partial charge in [-0.3, -0.25) is 4.79 Å². The minimum Gasteiger partial charge on any atom is -0.358 e. The molecule has 0 atom stereocenters. The molecule has 0 saturated carbocycles. The van der Waals surface area contributed by atoms with Gasteiger partial charge in [-0.05, 0) is 32.4 Å². The summed E-state index contributed by atoms with van der Waals surface area (Å²) in [6.07, 6.45) is 0. The third-order valence-electron chi connectivity index (χ3n) is 2.89. The second-order valence-corrected chi connectivity index (χ2v) is 4.21. The van der Waals surface area contributed by atoms with Crippen LogP contribution in [0.1, 0.15) is 27.2 Å². The molecule has 84 valence electrons. The quantitative estimate of drug-likeness (QED) is 0.755. The lowest BCUT2D eigenvalue weighted by Gasteiger charge is -2.01. The Hall–Kier alpha value is -1.77. The number of aromatic amines is 1. The average molecular weight is 216 g/mol. The third kappa shape index (κ3) is 1.48. The van der Waals surface area contributed by atoms with Gasteiger partial charge in [0.05, 0.1) is 5.56 Å². The zero-order valence-corrected chi connectivity index (χ0v) is 10.1. The molecular formula is C13H16N2O. The number of nitrogens with one attached hydrogen (secondary N) is 2. The molecule has 0 spiro atoms. The minimum atomic E-state index is -0.0336. The van der Waals surface area contributed by atoms with Crippen LogP contribution in [-0.2, 0) is 0 Å². The van der Waals surface area contributed by atoms with Crippen LogP contribution in [0.5, 0.6) is 0 Å². The molecule has 1 heterocycles. The Labute approximate surface area is 94.9 Å². The van der Waals surface area contributed by atoms with Crippen LogP contribution >= 0.6 is 0 Å². The highest BCUT2D eigenvalue weighted by molar-refractivity contribution is 6.08. The number of carbonyl (C=O) groups excluding carboxylic acids is 1. The molecule has 0 aliphatic heterocycles. The van der Waals surface area contributed by atoms with Gasteiger partial charge in [0.1, 0.15) is 0 Å². The van der Waals surface area contributed by atoms with Crippen LogP contribution in [0.25, 0.3) is 10.9 Å². The zero-order valence-electron chi connectivity index (χ0n) is 10.1. The van der Waals surface area contributed by atoms with Gasteiger partial charge in [-0.2, -0.15) is 0 Å². The van der Waals surface area contributed by atoms with E-state index in [0.29, 0.717) is 0 Å². The monoisotopic (exact) mass is 216 g/mol. The minimum absolute atomic E-state index is 0.0336. The summed E-state index contributed by atoms with van der Waals surface area (Å²) in [5, 5.41) is 3.69. The topological polar surface area (TPSA) is 44.9 Å². The molecule has 0 unspecified atom stereocenters. The smallest absolute Gasteiger partial charge is 0.253 e. The van der Waals surface area contributed by atoms with Crippen molar-refractivity contribution in [2.75, 3.05) is 7.05 Å². The Morgan fingerprint density at radius 2 is 1.94 bits per heavy atom. The van der Waals surface area contributed by atoms with Crippen LogP contribution in [0.2, 0.25) is 0 Å². The Morgan fingerprint density at radius 3 is 2.56 bits per heavy atom. The number of hydrogen-bond acceptors (Lipinski definition) is 1. The van der Waals surface area contributed by atoms with E-state index in [2.05, 4.69) is 29.4 Å². The molecule has 0 saturated heterocycles. The van der Waals surface area contributed by atoms with Gasteiger partial charge in [0, 0.05) is 23.6 Å². The van der Waals surface area contributed by atoms with Gasteiger partial charge >= 0.3 is 0 Å². The second kappa shape index (κ2) is 3.67. The second-order valence-electron chi connectivity index (χ2n) is 4.21. The van der Waals surface area contributed by atoms with E-state index in [-0.39, 0.29) is 5.91 Å². The summed E-state index contributed by atoms with van der Waals surface area (Å²) in [6.45, 7) is 6.03. The molecule has 3 nitrogen and oxygen atoms in total. The lowest BCUT2D eigenvalue weighted by atomic mass is 10.0. The summed E-state index contributed by atoms with van der Waals surface area (Å²) >= 11 is 0. The van der Waals surface area contributed by atoms with E-state index in [9.17, 15) is 4.79 Å². The van der Waals surface area contributed by atoms with E-state index in [0.717, 1.165) is 22.2 Å². The van der Waals surface area contributed by atoms with Crippen molar-refractivity contribution in [3.63, 3.8) is 0 Å². The Balaban J connectivity index is 2.83. The number of benzene rings is 1. The fourth-order valence-corrected chi connectivity index (χ4v) is 2.20. The van der Waals surface area contributed by atoms with Gasteiger partial charge in [-0.15, -0.1) is 0 Å². The van der Waals surface area contributed by atoms with Crippen LogP contribution in [0.15, 0.2) is 12.1 Å². The molecule has 1 aromatic carbocycles. The van der Waals surface area contributed by atoms with Crippen LogP contribution in [-0.4, -0.2) is 17.9 Å². The fraction of sp³-hybridized carbons (Fsp3) is 0.308. The van der Waals surface area contributed by atoms with Crippen LogP contribution in [0, 0.1) is 20.8 Å². The highest BCUT2D eigenvalue weighted by Crippen LogP contribution is 2.26. The molecule has 1 aromatic heterocycles. The Bertz CT molecular complexity index is 567. The van der Waals surface area contributed by atoms with Crippen LogP contribution < -0.4 is 5.32 Å². The van der Waals surface area contributed by atoms with Crippen molar-refractivity contribution < 1.29 is 4.79 Å². The number of aromatic nitrogens is 1. The van der Waals surface area contributed by atoms with Gasteiger partial charge < -0.3 is 10.3 Å². The fourth-order valence-electron chi connectivity index (χ4n) is 2.20. The van der Waals surface area contributed by atoms with Gasteiger partial charge in [0.2, 0.25) is 0 Å². The molecular weight excluding hydrogens is 200 g/mol. The van der Waals surface area contributed by atoms with Gasteiger partial charge in [0.15, 0.2) is 0 Å². The Kier molecular flexibility index (Phi) is 2.46. The van der Waals surface area contributed by atoms with Crippen molar-refractivity contribution >= 4 is 16.8 Å². The van der Waals surface area contributed by atoms with Crippen molar-refractivity contribution in [2.45, 2.75) is 20.8 Å². The first-order valence-corrected chi connectivity index (χ1v) is 5.36. The molecule has 2 N–H and O–H groups in total. The number of hydrogen-bond donors (Lipinski definition) is 2. The van der Waals surface area contributed by atoms with E-state index in [1.54, 1.807) is 7.05 Å². The number of fused-ring (bicyclic) bond motifs is 1. The van der Waals surface area contributed by atoms with Crippen molar-refractivity contribution in [1.29, 1.82) is 0 Å². The normalized spacial score (nSPS) is 10.8. The first-order chi connectivity index (χ1) is 7.54. The predicted molar refractivity (Wildman–Crippen MR) is 65.9 cm³/mol. The van der Waals surface area contributed by atoms with Crippen molar-refractivity contribution in [2.24, 2.45) is 0 Å². The summed E-state index contributed by atoms with van der Waals surface area (Å²) in [5.74, 6) is -0.0336. The molecule has 0 bridgehead atoms. The van der Waals surface area contributed by atoms with Gasteiger partial charge in [-0.1, -0.05) is 11.6 Å². The van der Waals surface area contributed by atoms with E-state index >= 15 is 0 Å². The SMILES string of the molecule is CNC(=O)c1c(C)[nH]c2c(C)cc(C)cc12. The summed E-state index contributed by atoms with van der Waals surface area (Å²) in [4.78, 5) is 15.1. The molecule has 0 radical (unpaired) electrons. The highest BCUT2D eigenvalue weighted by Gasteiger charge is 2.15. The van der Waals surface area contributed by atoms with E-state index < -0.39 is 0 Å². The van der Waals surface area contributed by atoms with Crippen LogP contribution in [0.4, 0.5) is 0 Å². The Morgan fingerprint density at radius 1 is 1.25 bits per heavy atom. The molecule has 0 aliphatic rings. The number of rotatable bonds is 1. The number of amides is 1.